The van der Waals surface area contributed by atoms with Crippen molar-refractivity contribution >= 4 is 40.0 Å². The Labute approximate surface area is 173 Å². The van der Waals surface area contributed by atoms with Crippen molar-refractivity contribution in [2.45, 2.75) is 13.8 Å². The second-order valence-corrected chi connectivity index (χ2v) is 6.87. The summed E-state index contributed by atoms with van der Waals surface area (Å²) < 4.78 is 1.64. The highest BCUT2D eigenvalue weighted by Crippen LogP contribution is 2.22. The number of hydrogen-bond acceptors (Lipinski definition) is 4. The lowest BCUT2D eigenvalue weighted by molar-refractivity contribution is -0.577. The SMILES string of the molecule is Cc1cccc(NC(=S)C(=C([O-])c2ccc([N+](=O)[O-])cc2)[n+]2ccccc2)c1C. The average Bonchev–Trinajstić information content (AvgIpc) is 2.72. The minimum Gasteiger partial charge on any atom is -0.867 e. The number of aryl methyl sites for hydroxylation is 1. The second-order valence-electron chi connectivity index (χ2n) is 6.47. The molecule has 1 N–H and O–H groups in total. The van der Waals surface area contributed by atoms with Gasteiger partial charge in [-0.25, -0.2) is 0 Å². The second kappa shape index (κ2) is 8.62. The molecular formula is C22H19N3O3S. The Kier molecular flexibility index (Phi) is 5.99. The number of rotatable bonds is 5. The topological polar surface area (TPSA) is 82.1 Å². The standard InChI is InChI=1S/C22H19N3O3S/c1-15-7-6-8-19(16(15)2)23-22(29)20(24-13-4-3-5-14-24)21(26)17-9-11-18(12-10-17)25(27)28/h3-14H,1-2H3,(H-,23,26,29). The highest BCUT2D eigenvalue weighted by Gasteiger charge is 2.19. The van der Waals surface area contributed by atoms with Crippen LogP contribution in [-0.2, 0) is 0 Å². The molecule has 6 nitrogen and oxygen atoms in total. The van der Waals surface area contributed by atoms with Crippen LogP contribution in [0.2, 0.25) is 0 Å². The van der Waals surface area contributed by atoms with E-state index in [1.165, 1.54) is 24.3 Å². The summed E-state index contributed by atoms with van der Waals surface area (Å²) in [6, 6.07) is 16.7. The van der Waals surface area contributed by atoms with Crippen molar-refractivity contribution in [2.24, 2.45) is 0 Å². The number of thiocarbonyl (C=S) groups is 1. The predicted octanol–water partition coefficient (Wildman–Crippen LogP) is 3.62. The minimum absolute atomic E-state index is 0.0773. The van der Waals surface area contributed by atoms with Crippen LogP contribution < -0.4 is 15.0 Å². The van der Waals surface area contributed by atoms with Crippen molar-refractivity contribution in [3.8, 4) is 0 Å². The Morgan fingerprint density at radius 2 is 1.66 bits per heavy atom. The number of nitro benzene ring substituents is 1. The zero-order valence-corrected chi connectivity index (χ0v) is 16.8. The van der Waals surface area contributed by atoms with Crippen molar-refractivity contribution < 1.29 is 14.6 Å². The molecule has 0 saturated heterocycles. The van der Waals surface area contributed by atoms with E-state index in [0.717, 1.165) is 16.8 Å². The zero-order chi connectivity index (χ0) is 21.0. The summed E-state index contributed by atoms with van der Waals surface area (Å²) in [7, 11) is 0. The molecule has 0 unspecified atom stereocenters. The molecule has 0 aliphatic heterocycles. The molecular weight excluding hydrogens is 386 g/mol. The first-order chi connectivity index (χ1) is 13.9. The molecule has 1 aromatic heterocycles. The van der Waals surface area contributed by atoms with E-state index in [0.29, 0.717) is 5.56 Å². The van der Waals surface area contributed by atoms with Crippen LogP contribution in [0.5, 0.6) is 0 Å². The average molecular weight is 405 g/mol. The molecule has 0 bridgehead atoms. The van der Waals surface area contributed by atoms with Gasteiger partial charge in [0.05, 0.1) is 4.92 Å². The van der Waals surface area contributed by atoms with Gasteiger partial charge in [0.2, 0.25) is 5.70 Å². The van der Waals surface area contributed by atoms with E-state index in [-0.39, 0.29) is 22.1 Å². The maximum Gasteiger partial charge on any atom is 0.269 e. The number of benzene rings is 2. The van der Waals surface area contributed by atoms with Crippen LogP contribution in [-0.4, -0.2) is 9.91 Å². The van der Waals surface area contributed by atoms with Crippen LogP contribution >= 0.6 is 12.2 Å². The number of aromatic nitrogens is 1. The van der Waals surface area contributed by atoms with Gasteiger partial charge in [0, 0.05) is 30.0 Å². The molecule has 0 aliphatic rings. The largest absolute Gasteiger partial charge is 0.867 e. The van der Waals surface area contributed by atoms with Crippen LogP contribution in [0.3, 0.4) is 0 Å². The molecule has 0 atom stereocenters. The third-order valence-corrected chi connectivity index (χ3v) is 4.89. The molecule has 146 valence electrons. The molecule has 29 heavy (non-hydrogen) atoms. The third kappa shape index (κ3) is 4.47. The first-order valence-corrected chi connectivity index (χ1v) is 9.29. The maximum atomic E-state index is 13.3. The Morgan fingerprint density at radius 1 is 1.00 bits per heavy atom. The quantitative estimate of drug-likeness (QED) is 0.175. The summed E-state index contributed by atoms with van der Waals surface area (Å²) >= 11 is 5.59. The molecule has 0 aliphatic carbocycles. The maximum absolute atomic E-state index is 13.3. The number of nitrogens with zero attached hydrogens (tertiary/aromatic N) is 2. The Balaban J connectivity index is 2.07. The van der Waals surface area contributed by atoms with Crippen LogP contribution in [0.1, 0.15) is 16.7 Å². The van der Waals surface area contributed by atoms with E-state index >= 15 is 0 Å². The van der Waals surface area contributed by atoms with Crippen molar-refractivity contribution in [2.75, 3.05) is 5.32 Å². The van der Waals surface area contributed by atoms with Gasteiger partial charge >= 0.3 is 0 Å². The molecule has 0 radical (unpaired) electrons. The molecule has 3 aromatic rings. The number of anilines is 1. The lowest BCUT2D eigenvalue weighted by atomic mass is 10.1. The fraction of sp³-hybridized carbons (Fsp3) is 0.0909. The van der Waals surface area contributed by atoms with Crippen molar-refractivity contribution in [1.29, 1.82) is 0 Å². The smallest absolute Gasteiger partial charge is 0.269 e. The van der Waals surface area contributed by atoms with Crippen molar-refractivity contribution in [1.82, 2.24) is 0 Å². The number of nitro groups is 1. The Hall–Kier alpha value is -3.58. The van der Waals surface area contributed by atoms with Crippen LogP contribution in [0.15, 0.2) is 73.1 Å². The third-order valence-electron chi connectivity index (χ3n) is 4.60. The molecule has 3 rings (SSSR count). The lowest BCUT2D eigenvalue weighted by Crippen LogP contribution is -2.39. The summed E-state index contributed by atoms with van der Waals surface area (Å²) in [6.07, 6.45) is 3.46. The molecule has 2 aromatic carbocycles. The predicted molar refractivity (Wildman–Crippen MR) is 115 cm³/mol. The lowest BCUT2D eigenvalue weighted by Gasteiger charge is -2.18. The first kappa shape index (κ1) is 20.2. The van der Waals surface area contributed by atoms with Gasteiger partial charge in [-0.2, -0.15) is 4.57 Å². The zero-order valence-electron chi connectivity index (χ0n) is 16.0. The Bertz CT molecular complexity index is 1090. The Morgan fingerprint density at radius 3 is 2.28 bits per heavy atom. The van der Waals surface area contributed by atoms with E-state index in [2.05, 4.69) is 5.32 Å². The molecule has 0 amide bonds. The molecule has 0 fully saturated rings. The summed E-state index contributed by atoms with van der Waals surface area (Å²) in [4.78, 5) is 10.6. The van der Waals surface area contributed by atoms with Crippen molar-refractivity contribution in [3.63, 3.8) is 0 Å². The molecule has 0 saturated carbocycles. The monoisotopic (exact) mass is 405 g/mol. The normalized spacial score (nSPS) is 11.5. The number of non-ortho nitro benzene ring substituents is 1. The van der Waals surface area contributed by atoms with Gasteiger partial charge in [-0.05, 0) is 54.5 Å². The number of hydrogen-bond donors (Lipinski definition) is 1. The summed E-state index contributed by atoms with van der Waals surface area (Å²) in [5, 5.41) is 27.3. The van der Waals surface area contributed by atoms with E-state index in [9.17, 15) is 15.2 Å². The van der Waals surface area contributed by atoms with Gasteiger partial charge in [-0.1, -0.05) is 30.4 Å². The summed E-state index contributed by atoms with van der Waals surface area (Å²) in [5.74, 6) is -0.334. The number of nitrogens with one attached hydrogen (secondary N) is 1. The number of pyridine rings is 1. The molecule has 0 spiro atoms. The van der Waals surface area contributed by atoms with Crippen LogP contribution in [0.4, 0.5) is 11.4 Å². The van der Waals surface area contributed by atoms with E-state index in [4.69, 9.17) is 12.2 Å². The van der Waals surface area contributed by atoms with Gasteiger partial charge in [0.1, 0.15) is 0 Å². The van der Waals surface area contributed by atoms with Gasteiger partial charge in [-0.3, -0.25) is 10.1 Å². The fourth-order valence-corrected chi connectivity index (χ4v) is 3.13. The minimum atomic E-state index is -0.502. The van der Waals surface area contributed by atoms with Gasteiger partial charge in [0.15, 0.2) is 17.4 Å². The fourth-order valence-electron chi connectivity index (χ4n) is 2.82. The van der Waals surface area contributed by atoms with E-state index in [1.807, 2.05) is 38.1 Å². The first-order valence-electron chi connectivity index (χ1n) is 8.89. The van der Waals surface area contributed by atoms with Gasteiger partial charge in [0.25, 0.3) is 5.69 Å². The van der Waals surface area contributed by atoms with E-state index in [1.54, 1.807) is 29.1 Å². The summed E-state index contributed by atoms with van der Waals surface area (Å²) in [6.45, 7) is 3.98. The molecule has 7 heteroatoms. The van der Waals surface area contributed by atoms with E-state index < -0.39 is 4.92 Å². The summed E-state index contributed by atoms with van der Waals surface area (Å²) in [5.41, 5.74) is 3.46. The van der Waals surface area contributed by atoms with Gasteiger partial charge < -0.3 is 10.4 Å². The van der Waals surface area contributed by atoms with Crippen LogP contribution in [0, 0.1) is 24.0 Å². The van der Waals surface area contributed by atoms with Gasteiger partial charge in [-0.15, -0.1) is 0 Å². The van der Waals surface area contributed by atoms with Crippen molar-refractivity contribution in [3.05, 3.63) is 99.9 Å². The highest BCUT2D eigenvalue weighted by molar-refractivity contribution is 7.81. The highest BCUT2D eigenvalue weighted by atomic mass is 32.1. The van der Waals surface area contributed by atoms with Crippen LogP contribution in [0.25, 0.3) is 11.5 Å². The molecule has 1 heterocycles.